The van der Waals surface area contributed by atoms with Gasteiger partial charge in [-0.05, 0) is 24.7 Å². The van der Waals surface area contributed by atoms with Crippen molar-refractivity contribution in [3.8, 4) is 0 Å². The van der Waals surface area contributed by atoms with E-state index >= 15 is 0 Å². The summed E-state index contributed by atoms with van der Waals surface area (Å²) in [5, 5.41) is 4.48. The van der Waals surface area contributed by atoms with Gasteiger partial charge in [0.25, 0.3) is 5.91 Å². The number of rotatable bonds is 2. The van der Waals surface area contributed by atoms with Gasteiger partial charge in [-0.25, -0.2) is 9.50 Å². The molecule has 1 amide bonds. The zero-order valence-electron chi connectivity index (χ0n) is 18.1. The second-order valence-corrected chi connectivity index (χ2v) is 9.97. The van der Waals surface area contributed by atoms with E-state index in [0.29, 0.717) is 29.2 Å². The van der Waals surface area contributed by atoms with Crippen molar-refractivity contribution in [1.29, 1.82) is 0 Å². The minimum atomic E-state index is -0.107. The minimum Gasteiger partial charge on any atom is -0.336 e. The summed E-state index contributed by atoms with van der Waals surface area (Å²) < 4.78 is 1.72. The third-order valence-electron chi connectivity index (χ3n) is 7.13. The molecule has 2 aliphatic carbocycles. The Bertz CT molecular complexity index is 981. The van der Waals surface area contributed by atoms with Crippen molar-refractivity contribution in [2.45, 2.75) is 64.8 Å². The van der Waals surface area contributed by atoms with Gasteiger partial charge in [-0.2, -0.15) is 5.10 Å². The van der Waals surface area contributed by atoms with Crippen LogP contribution in [0.2, 0.25) is 0 Å². The third-order valence-corrected chi connectivity index (χ3v) is 7.13. The van der Waals surface area contributed by atoms with Gasteiger partial charge in [-0.3, -0.25) is 14.5 Å². The van der Waals surface area contributed by atoms with Gasteiger partial charge < -0.3 is 4.90 Å². The molecule has 5 rings (SSSR count). The molecule has 2 aromatic heterocycles. The SMILES string of the molecule is CC1(C)CC(=O)c2cnc3c(C(=O)N4CCN(C5CCCCC5)CC4)cnn3c2C1. The van der Waals surface area contributed by atoms with Gasteiger partial charge in [0.1, 0.15) is 5.56 Å². The Kier molecular flexibility index (Phi) is 4.88. The molecule has 7 heteroatoms. The van der Waals surface area contributed by atoms with Gasteiger partial charge in [-0.1, -0.05) is 33.1 Å². The predicted molar refractivity (Wildman–Crippen MR) is 114 cm³/mol. The number of Topliss-reactive ketones (excluding diaryl/α,β-unsaturated/α-hetero) is 1. The van der Waals surface area contributed by atoms with E-state index in [9.17, 15) is 9.59 Å². The Morgan fingerprint density at radius 3 is 2.50 bits per heavy atom. The smallest absolute Gasteiger partial charge is 0.259 e. The lowest BCUT2D eigenvalue weighted by molar-refractivity contribution is 0.0524. The maximum Gasteiger partial charge on any atom is 0.259 e. The number of aromatic nitrogens is 3. The van der Waals surface area contributed by atoms with Crippen LogP contribution in [0.4, 0.5) is 0 Å². The molecule has 0 unspecified atom stereocenters. The molecule has 160 valence electrons. The molecule has 0 N–H and O–H groups in total. The van der Waals surface area contributed by atoms with Gasteiger partial charge in [-0.15, -0.1) is 0 Å². The third kappa shape index (κ3) is 3.43. The van der Waals surface area contributed by atoms with E-state index in [-0.39, 0.29) is 17.1 Å². The van der Waals surface area contributed by atoms with E-state index in [4.69, 9.17) is 0 Å². The highest BCUT2D eigenvalue weighted by Gasteiger charge is 2.34. The summed E-state index contributed by atoms with van der Waals surface area (Å²) >= 11 is 0. The van der Waals surface area contributed by atoms with Crippen LogP contribution in [-0.2, 0) is 6.42 Å². The molecule has 3 heterocycles. The van der Waals surface area contributed by atoms with Crippen LogP contribution in [0.5, 0.6) is 0 Å². The van der Waals surface area contributed by atoms with Crippen molar-refractivity contribution in [2.24, 2.45) is 5.41 Å². The van der Waals surface area contributed by atoms with Gasteiger partial charge in [0.05, 0.1) is 17.5 Å². The summed E-state index contributed by atoms with van der Waals surface area (Å²) in [5.74, 6) is 0.111. The molecule has 0 bridgehead atoms. The summed E-state index contributed by atoms with van der Waals surface area (Å²) in [5.41, 5.74) is 2.52. The molecule has 1 saturated carbocycles. The van der Waals surface area contributed by atoms with E-state index in [1.807, 2.05) is 4.90 Å². The summed E-state index contributed by atoms with van der Waals surface area (Å²) in [6.45, 7) is 7.59. The van der Waals surface area contributed by atoms with Crippen LogP contribution in [-0.4, -0.2) is 68.3 Å². The first-order chi connectivity index (χ1) is 14.4. The Morgan fingerprint density at radius 1 is 1.03 bits per heavy atom. The topological polar surface area (TPSA) is 70.8 Å². The molecule has 7 nitrogen and oxygen atoms in total. The summed E-state index contributed by atoms with van der Waals surface area (Å²) in [7, 11) is 0. The van der Waals surface area contributed by atoms with E-state index in [0.717, 1.165) is 38.3 Å². The molecule has 0 radical (unpaired) electrons. The highest BCUT2D eigenvalue weighted by atomic mass is 16.2. The van der Waals surface area contributed by atoms with E-state index < -0.39 is 0 Å². The molecule has 1 aliphatic heterocycles. The minimum absolute atomic E-state index is 0.00198. The first-order valence-electron chi connectivity index (χ1n) is 11.4. The number of ketones is 1. The fourth-order valence-corrected chi connectivity index (χ4v) is 5.48. The zero-order chi connectivity index (χ0) is 20.9. The number of amides is 1. The summed E-state index contributed by atoms with van der Waals surface area (Å²) in [6.07, 6.45) is 11.2. The number of hydrogen-bond donors (Lipinski definition) is 0. The molecule has 0 aromatic carbocycles. The molecule has 2 fully saturated rings. The Morgan fingerprint density at radius 2 is 1.77 bits per heavy atom. The highest BCUT2D eigenvalue weighted by Crippen LogP contribution is 2.34. The van der Waals surface area contributed by atoms with Crippen molar-refractivity contribution in [3.05, 3.63) is 29.2 Å². The quantitative estimate of drug-likeness (QED) is 0.763. The molecule has 30 heavy (non-hydrogen) atoms. The Labute approximate surface area is 177 Å². The molecular formula is C23H31N5O2. The lowest BCUT2D eigenvalue weighted by atomic mass is 9.76. The fourth-order valence-electron chi connectivity index (χ4n) is 5.48. The van der Waals surface area contributed by atoms with Crippen LogP contribution < -0.4 is 0 Å². The van der Waals surface area contributed by atoms with Gasteiger partial charge in [0.2, 0.25) is 0 Å². The molecule has 2 aromatic rings. The maximum atomic E-state index is 13.3. The number of nitrogens with zero attached hydrogens (tertiary/aromatic N) is 5. The molecule has 3 aliphatic rings. The monoisotopic (exact) mass is 409 g/mol. The van der Waals surface area contributed by atoms with Crippen molar-refractivity contribution in [2.75, 3.05) is 26.2 Å². The molecular weight excluding hydrogens is 378 g/mol. The normalized spacial score (nSPS) is 23.0. The average Bonchev–Trinajstić information content (AvgIpc) is 3.18. The van der Waals surface area contributed by atoms with Gasteiger partial charge in [0, 0.05) is 44.8 Å². The van der Waals surface area contributed by atoms with Gasteiger partial charge in [0.15, 0.2) is 11.4 Å². The molecule has 1 saturated heterocycles. The first-order valence-corrected chi connectivity index (χ1v) is 11.4. The maximum absolute atomic E-state index is 13.3. The van der Waals surface area contributed by atoms with Crippen LogP contribution in [0.15, 0.2) is 12.4 Å². The zero-order valence-corrected chi connectivity index (χ0v) is 18.1. The Balaban J connectivity index is 1.36. The van der Waals surface area contributed by atoms with Crippen molar-refractivity contribution >= 4 is 17.3 Å². The van der Waals surface area contributed by atoms with Crippen LogP contribution in [0.3, 0.4) is 0 Å². The molecule has 0 atom stereocenters. The van der Waals surface area contributed by atoms with Crippen molar-refractivity contribution in [3.63, 3.8) is 0 Å². The van der Waals surface area contributed by atoms with Crippen LogP contribution in [0.1, 0.15) is 78.8 Å². The number of piperazine rings is 1. The lowest BCUT2D eigenvalue weighted by Gasteiger charge is -2.40. The number of fused-ring (bicyclic) bond motifs is 3. The second kappa shape index (κ2) is 7.45. The van der Waals surface area contributed by atoms with E-state index in [2.05, 4.69) is 28.8 Å². The highest BCUT2D eigenvalue weighted by molar-refractivity contribution is 6.01. The van der Waals surface area contributed by atoms with Crippen LogP contribution in [0.25, 0.3) is 5.65 Å². The van der Waals surface area contributed by atoms with Crippen molar-refractivity contribution < 1.29 is 9.59 Å². The van der Waals surface area contributed by atoms with E-state index in [1.54, 1.807) is 16.9 Å². The summed E-state index contributed by atoms with van der Waals surface area (Å²) in [6, 6.07) is 0.696. The van der Waals surface area contributed by atoms with Crippen LogP contribution in [0, 0.1) is 5.41 Å². The second-order valence-electron chi connectivity index (χ2n) is 9.97. The lowest BCUT2D eigenvalue weighted by Crippen LogP contribution is -2.52. The first kappa shape index (κ1) is 19.7. The molecule has 0 spiro atoms. The van der Waals surface area contributed by atoms with Crippen molar-refractivity contribution in [1.82, 2.24) is 24.4 Å². The largest absolute Gasteiger partial charge is 0.336 e. The summed E-state index contributed by atoms with van der Waals surface area (Å²) in [4.78, 5) is 34.8. The number of carbonyl (C=O) groups excluding carboxylic acids is 2. The number of hydrogen-bond acceptors (Lipinski definition) is 5. The predicted octanol–water partition coefficient (Wildman–Crippen LogP) is 2.97. The van der Waals surface area contributed by atoms with E-state index in [1.165, 1.54) is 32.1 Å². The number of carbonyl (C=O) groups is 2. The standard InChI is InChI=1S/C23H31N5O2/c1-23(2)12-19-17(20(29)13-23)14-24-21-18(15-25-28(19)21)22(30)27-10-8-26(9-11-27)16-6-4-3-5-7-16/h14-16H,3-13H2,1-2H3. The van der Waals surface area contributed by atoms with Crippen LogP contribution >= 0.6 is 0 Å². The van der Waals surface area contributed by atoms with Gasteiger partial charge >= 0.3 is 0 Å². The fraction of sp³-hybridized carbons (Fsp3) is 0.652. The average molecular weight is 410 g/mol. The Hall–Kier alpha value is -2.28.